The summed E-state index contributed by atoms with van der Waals surface area (Å²) in [7, 11) is 0. The lowest BCUT2D eigenvalue weighted by Gasteiger charge is -2.36. The molecule has 1 saturated heterocycles. The fourth-order valence-electron chi connectivity index (χ4n) is 3.74. The van der Waals surface area contributed by atoms with Crippen LogP contribution in [-0.2, 0) is 6.54 Å². The summed E-state index contributed by atoms with van der Waals surface area (Å²) in [5.41, 5.74) is 3.18. The Morgan fingerprint density at radius 1 is 0.929 bits per heavy atom. The summed E-state index contributed by atoms with van der Waals surface area (Å²) in [6.45, 7) is 4.85. The van der Waals surface area contributed by atoms with Gasteiger partial charge in [-0.3, -0.25) is 4.90 Å². The van der Waals surface area contributed by atoms with Crippen molar-refractivity contribution in [3.05, 3.63) is 59.1 Å². The van der Waals surface area contributed by atoms with E-state index >= 15 is 0 Å². The zero-order valence-electron chi connectivity index (χ0n) is 15.8. The molecule has 2 aliphatic rings. The van der Waals surface area contributed by atoms with Crippen LogP contribution in [0.4, 0.5) is 11.6 Å². The number of hydrogen-bond acceptors (Lipinski definition) is 5. The number of nitrogens with one attached hydrogen (secondary N) is 1. The molecule has 0 atom stereocenters. The molecule has 0 unspecified atom stereocenters. The Kier molecular flexibility index (Phi) is 4.79. The van der Waals surface area contributed by atoms with E-state index in [4.69, 9.17) is 21.6 Å². The van der Waals surface area contributed by atoms with Crippen molar-refractivity contribution in [3.8, 4) is 0 Å². The number of hydrogen-bond donors (Lipinski definition) is 1. The first-order chi connectivity index (χ1) is 13.7. The van der Waals surface area contributed by atoms with Crippen molar-refractivity contribution in [3.63, 3.8) is 0 Å². The first-order valence-electron chi connectivity index (χ1n) is 10.00. The number of halogens is 1. The molecule has 0 amide bonds. The molecule has 1 saturated carbocycles. The zero-order chi connectivity index (χ0) is 18.9. The van der Waals surface area contributed by atoms with Crippen LogP contribution in [0.1, 0.15) is 18.4 Å². The van der Waals surface area contributed by atoms with E-state index in [-0.39, 0.29) is 0 Å². The van der Waals surface area contributed by atoms with Gasteiger partial charge in [0.05, 0.1) is 11.0 Å². The molecule has 2 aromatic carbocycles. The van der Waals surface area contributed by atoms with Gasteiger partial charge in [0, 0.05) is 43.8 Å². The number of fused-ring (bicyclic) bond motifs is 1. The summed E-state index contributed by atoms with van der Waals surface area (Å²) < 4.78 is 0. The van der Waals surface area contributed by atoms with Crippen LogP contribution in [0, 0.1) is 0 Å². The standard InChI is InChI=1S/C22H24ClN5/c23-17-5-3-4-16(14-17)15-27-10-12-28(13-11-27)22-21(24-18-8-9-18)25-19-6-1-2-7-20(19)26-22/h1-7,14,18H,8-13,15H2,(H,24,25). The lowest BCUT2D eigenvalue weighted by Crippen LogP contribution is -2.46. The Labute approximate surface area is 170 Å². The van der Waals surface area contributed by atoms with E-state index in [1.54, 1.807) is 0 Å². The summed E-state index contributed by atoms with van der Waals surface area (Å²) >= 11 is 6.13. The van der Waals surface area contributed by atoms with Crippen LogP contribution in [-0.4, -0.2) is 47.1 Å². The van der Waals surface area contributed by atoms with E-state index in [9.17, 15) is 0 Å². The minimum Gasteiger partial charge on any atom is -0.364 e. The molecule has 3 aromatic rings. The average Bonchev–Trinajstić information content (AvgIpc) is 3.52. The van der Waals surface area contributed by atoms with Crippen LogP contribution < -0.4 is 10.2 Å². The molecule has 144 valence electrons. The van der Waals surface area contributed by atoms with Crippen molar-refractivity contribution in [1.29, 1.82) is 0 Å². The molecular weight excluding hydrogens is 370 g/mol. The fraction of sp³-hybridized carbons (Fsp3) is 0.364. The van der Waals surface area contributed by atoms with Crippen molar-refractivity contribution in [1.82, 2.24) is 14.9 Å². The summed E-state index contributed by atoms with van der Waals surface area (Å²) in [6.07, 6.45) is 2.45. The maximum Gasteiger partial charge on any atom is 0.172 e. The van der Waals surface area contributed by atoms with Crippen molar-refractivity contribution >= 4 is 34.3 Å². The molecule has 0 bridgehead atoms. The Morgan fingerprint density at radius 2 is 1.68 bits per heavy atom. The fourth-order valence-corrected chi connectivity index (χ4v) is 3.95. The second-order valence-corrected chi connectivity index (χ2v) is 8.13. The normalized spacial score (nSPS) is 17.8. The third-order valence-electron chi connectivity index (χ3n) is 5.44. The van der Waals surface area contributed by atoms with Crippen LogP contribution >= 0.6 is 11.6 Å². The van der Waals surface area contributed by atoms with E-state index in [1.807, 2.05) is 36.4 Å². The van der Waals surface area contributed by atoms with Gasteiger partial charge in [0.25, 0.3) is 0 Å². The highest BCUT2D eigenvalue weighted by molar-refractivity contribution is 6.30. The van der Waals surface area contributed by atoms with Gasteiger partial charge in [0.15, 0.2) is 11.6 Å². The van der Waals surface area contributed by atoms with Gasteiger partial charge in [-0.05, 0) is 42.7 Å². The molecule has 6 heteroatoms. The van der Waals surface area contributed by atoms with E-state index in [1.165, 1.54) is 18.4 Å². The van der Waals surface area contributed by atoms with Crippen LogP contribution in [0.25, 0.3) is 11.0 Å². The molecule has 5 rings (SSSR count). The summed E-state index contributed by atoms with van der Waals surface area (Å²) in [4.78, 5) is 14.7. The first kappa shape index (κ1) is 17.7. The second kappa shape index (κ2) is 7.57. The lowest BCUT2D eigenvalue weighted by molar-refractivity contribution is 0.249. The predicted octanol–water partition coefficient (Wildman–Crippen LogP) is 4.18. The van der Waals surface area contributed by atoms with Crippen molar-refractivity contribution < 1.29 is 0 Å². The maximum absolute atomic E-state index is 6.13. The van der Waals surface area contributed by atoms with E-state index in [0.29, 0.717) is 6.04 Å². The van der Waals surface area contributed by atoms with Crippen molar-refractivity contribution in [2.24, 2.45) is 0 Å². The van der Waals surface area contributed by atoms with Gasteiger partial charge in [-0.15, -0.1) is 0 Å². The molecular formula is C22H24ClN5. The Balaban J connectivity index is 1.33. The molecule has 0 spiro atoms. The monoisotopic (exact) mass is 393 g/mol. The molecule has 2 fully saturated rings. The van der Waals surface area contributed by atoms with Gasteiger partial charge < -0.3 is 10.2 Å². The smallest absolute Gasteiger partial charge is 0.172 e. The number of aromatic nitrogens is 2. The SMILES string of the molecule is Clc1cccc(CN2CCN(c3nc4ccccc4nc3NC3CC3)CC2)c1. The van der Waals surface area contributed by atoms with Gasteiger partial charge in [0.2, 0.25) is 0 Å². The van der Waals surface area contributed by atoms with Crippen LogP contribution in [0.15, 0.2) is 48.5 Å². The van der Waals surface area contributed by atoms with Gasteiger partial charge >= 0.3 is 0 Å². The summed E-state index contributed by atoms with van der Waals surface area (Å²) in [5.74, 6) is 1.93. The lowest BCUT2D eigenvalue weighted by atomic mass is 10.2. The van der Waals surface area contributed by atoms with Crippen LogP contribution in [0.5, 0.6) is 0 Å². The van der Waals surface area contributed by atoms with Crippen molar-refractivity contribution in [2.45, 2.75) is 25.4 Å². The Bertz CT molecular complexity index is 980. The second-order valence-electron chi connectivity index (χ2n) is 7.70. The minimum absolute atomic E-state index is 0.554. The van der Waals surface area contributed by atoms with Crippen LogP contribution in [0.3, 0.4) is 0 Å². The largest absolute Gasteiger partial charge is 0.364 e. The quantitative estimate of drug-likeness (QED) is 0.704. The Morgan fingerprint density at radius 3 is 2.39 bits per heavy atom. The molecule has 28 heavy (non-hydrogen) atoms. The number of benzene rings is 2. The zero-order valence-corrected chi connectivity index (χ0v) is 16.6. The minimum atomic E-state index is 0.554. The number of para-hydroxylation sites is 2. The molecule has 1 aliphatic carbocycles. The summed E-state index contributed by atoms with van der Waals surface area (Å²) in [6, 6.07) is 16.8. The number of anilines is 2. The molecule has 5 nitrogen and oxygen atoms in total. The van der Waals surface area contributed by atoms with Gasteiger partial charge in [0.1, 0.15) is 0 Å². The topological polar surface area (TPSA) is 44.3 Å². The van der Waals surface area contributed by atoms with Crippen LogP contribution in [0.2, 0.25) is 5.02 Å². The van der Waals surface area contributed by atoms with E-state index in [0.717, 1.165) is 60.4 Å². The highest BCUT2D eigenvalue weighted by atomic mass is 35.5. The predicted molar refractivity (Wildman–Crippen MR) is 115 cm³/mol. The highest BCUT2D eigenvalue weighted by Crippen LogP contribution is 2.31. The number of piperazine rings is 1. The third-order valence-corrected chi connectivity index (χ3v) is 5.67. The number of rotatable bonds is 5. The molecule has 1 aliphatic heterocycles. The highest BCUT2D eigenvalue weighted by Gasteiger charge is 2.26. The van der Waals surface area contributed by atoms with E-state index < -0.39 is 0 Å². The molecule has 1 aromatic heterocycles. The van der Waals surface area contributed by atoms with E-state index in [2.05, 4.69) is 27.2 Å². The van der Waals surface area contributed by atoms with Gasteiger partial charge in [-0.1, -0.05) is 35.9 Å². The van der Waals surface area contributed by atoms with Crippen molar-refractivity contribution in [2.75, 3.05) is 36.4 Å². The molecule has 0 radical (unpaired) electrons. The average molecular weight is 394 g/mol. The van der Waals surface area contributed by atoms with Gasteiger partial charge in [-0.2, -0.15) is 0 Å². The Hall–Kier alpha value is -2.37. The summed E-state index contributed by atoms with van der Waals surface area (Å²) in [5, 5.41) is 4.39. The third kappa shape index (κ3) is 3.91. The first-order valence-corrected chi connectivity index (χ1v) is 10.4. The molecule has 2 heterocycles. The maximum atomic E-state index is 6.13. The van der Waals surface area contributed by atoms with Gasteiger partial charge in [-0.25, -0.2) is 9.97 Å². The number of nitrogens with zero attached hydrogens (tertiary/aromatic N) is 4. The molecule has 1 N–H and O–H groups in total.